The lowest BCUT2D eigenvalue weighted by Crippen LogP contribution is -2.11. The summed E-state index contributed by atoms with van der Waals surface area (Å²) >= 11 is 0. The molecule has 0 spiro atoms. The second kappa shape index (κ2) is 5.65. The largest absolute Gasteiger partial charge is 0.393 e. The van der Waals surface area contributed by atoms with Crippen molar-refractivity contribution in [1.82, 2.24) is 0 Å². The van der Waals surface area contributed by atoms with Gasteiger partial charge in [0.05, 0.1) is 6.10 Å². The summed E-state index contributed by atoms with van der Waals surface area (Å²) in [6, 6.07) is 0. The van der Waals surface area contributed by atoms with Crippen LogP contribution in [0.25, 0.3) is 0 Å². The summed E-state index contributed by atoms with van der Waals surface area (Å²) in [7, 11) is 0. The average molecular weight is 148 g/mol. The van der Waals surface area contributed by atoms with Crippen molar-refractivity contribution in [2.24, 2.45) is 0 Å². The normalized spacial score (nSPS) is 14.1. The van der Waals surface area contributed by atoms with E-state index in [1.807, 2.05) is 6.92 Å². The lowest BCUT2D eigenvalue weighted by atomic mass is 10.1. The molecule has 0 aliphatic rings. The highest BCUT2D eigenvalue weighted by atomic mass is 16.5. The van der Waals surface area contributed by atoms with Gasteiger partial charge >= 0.3 is 0 Å². The standard InChI is InChI=1S/C7H16O3/c1-2-3-6(8)4-5-7(9)10/h6-10H,2-5H2,1H3. The van der Waals surface area contributed by atoms with Crippen LogP contribution in [0, 0.1) is 0 Å². The zero-order valence-corrected chi connectivity index (χ0v) is 6.32. The van der Waals surface area contributed by atoms with Gasteiger partial charge in [-0.1, -0.05) is 13.3 Å². The molecule has 0 aliphatic carbocycles. The van der Waals surface area contributed by atoms with Crippen molar-refractivity contribution in [2.45, 2.75) is 45.0 Å². The van der Waals surface area contributed by atoms with Gasteiger partial charge in [0.1, 0.15) is 0 Å². The van der Waals surface area contributed by atoms with E-state index in [4.69, 9.17) is 15.3 Å². The molecule has 0 heterocycles. The van der Waals surface area contributed by atoms with Gasteiger partial charge in [-0.05, 0) is 12.8 Å². The molecule has 0 aromatic rings. The minimum atomic E-state index is -1.27. The Kier molecular flexibility index (Phi) is 5.58. The third-order valence-electron chi connectivity index (χ3n) is 1.38. The molecule has 0 amide bonds. The van der Waals surface area contributed by atoms with Crippen LogP contribution in [-0.2, 0) is 0 Å². The summed E-state index contributed by atoms with van der Waals surface area (Å²) in [5.41, 5.74) is 0. The van der Waals surface area contributed by atoms with Crippen molar-refractivity contribution >= 4 is 0 Å². The van der Waals surface area contributed by atoms with E-state index in [1.54, 1.807) is 0 Å². The molecular weight excluding hydrogens is 132 g/mol. The summed E-state index contributed by atoms with van der Waals surface area (Å²) < 4.78 is 0. The minimum Gasteiger partial charge on any atom is -0.393 e. The summed E-state index contributed by atoms with van der Waals surface area (Å²) in [5, 5.41) is 25.9. The first-order valence-corrected chi connectivity index (χ1v) is 3.71. The van der Waals surface area contributed by atoms with E-state index >= 15 is 0 Å². The molecule has 0 saturated carbocycles. The summed E-state index contributed by atoms with van der Waals surface area (Å²) in [4.78, 5) is 0. The van der Waals surface area contributed by atoms with Gasteiger partial charge in [0.2, 0.25) is 0 Å². The zero-order chi connectivity index (χ0) is 7.98. The van der Waals surface area contributed by atoms with Gasteiger partial charge in [-0.25, -0.2) is 0 Å². The zero-order valence-electron chi connectivity index (χ0n) is 6.32. The predicted octanol–water partition coefficient (Wildman–Crippen LogP) is 0.238. The first-order chi connectivity index (χ1) is 4.66. The fourth-order valence-electron chi connectivity index (χ4n) is 0.819. The van der Waals surface area contributed by atoms with E-state index < -0.39 is 6.29 Å². The molecule has 3 nitrogen and oxygen atoms in total. The van der Waals surface area contributed by atoms with E-state index in [1.165, 1.54) is 0 Å². The number of hydrogen-bond acceptors (Lipinski definition) is 3. The van der Waals surface area contributed by atoms with Crippen LogP contribution in [0.4, 0.5) is 0 Å². The highest BCUT2D eigenvalue weighted by molar-refractivity contribution is 4.54. The van der Waals surface area contributed by atoms with Gasteiger partial charge in [-0.3, -0.25) is 0 Å². The molecule has 0 aliphatic heterocycles. The third-order valence-corrected chi connectivity index (χ3v) is 1.38. The number of rotatable bonds is 5. The summed E-state index contributed by atoms with van der Waals surface area (Å²) in [6.45, 7) is 1.98. The molecule has 0 aromatic carbocycles. The maximum Gasteiger partial charge on any atom is 0.151 e. The van der Waals surface area contributed by atoms with E-state index in [-0.39, 0.29) is 12.5 Å². The molecule has 0 aromatic heterocycles. The minimum absolute atomic E-state index is 0.265. The molecule has 0 saturated heterocycles. The Labute approximate surface area is 61.3 Å². The van der Waals surface area contributed by atoms with E-state index in [9.17, 15) is 0 Å². The van der Waals surface area contributed by atoms with Gasteiger partial charge in [-0.15, -0.1) is 0 Å². The van der Waals surface area contributed by atoms with E-state index in [2.05, 4.69) is 0 Å². The van der Waals surface area contributed by atoms with Gasteiger partial charge in [0, 0.05) is 6.42 Å². The van der Waals surface area contributed by atoms with Gasteiger partial charge in [-0.2, -0.15) is 0 Å². The maximum atomic E-state index is 9.08. The van der Waals surface area contributed by atoms with E-state index in [0.29, 0.717) is 6.42 Å². The second-order valence-electron chi connectivity index (χ2n) is 2.50. The van der Waals surface area contributed by atoms with Crippen LogP contribution in [0.1, 0.15) is 32.6 Å². The molecule has 0 fully saturated rings. The Hall–Kier alpha value is -0.120. The Bertz CT molecular complexity index is 73.3. The highest BCUT2D eigenvalue weighted by Crippen LogP contribution is 2.05. The van der Waals surface area contributed by atoms with Crippen molar-refractivity contribution in [1.29, 1.82) is 0 Å². The predicted molar refractivity (Wildman–Crippen MR) is 38.4 cm³/mol. The summed E-state index contributed by atoms with van der Waals surface area (Å²) in [6.07, 6.45) is 0.778. The molecule has 62 valence electrons. The molecule has 0 rings (SSSR count). The average Bonchev–Trinajstić information content (AvgIpc) is 1.85. The van der Waals surface area contributed by atoms with Gasteiger partial charge in [0.25, 0.3) is 0 Å². The SMILES string of the molecule is CCCC(O)CCC(O)O. The van der Waals surface area contributed by atoms with Crippen LogP contribution in [0.5, 0.6) is 0 Å². The fraction of sp³-hybridized carbons (Fsp3) is 1.00. The Morgan fingerprint density at radius 3 is 2.00 bits per heavy atom. The molecule has 3 N–H and O–H groups in total. The molecule has 0 bridgehead atoms. The molecule has 1 unspecified atom stereocenters. The first kappa shape index (κ1) is 9.88. The molecule has 10 heavy (non-hydrogen) atoms. The monoisotopic (exact) mass is 148 g/mol. The summed E-state index contributed by atoms with van der Waals surface area (Å²) in [5.74, 6) is 0. The van der Waals surface area contributed by atoms with Crippen LogP contribution in [0.15, 0.2) is 0 Å². The van der Waals surface area contributed by atoms with Crippen LogP contribution >= 0.6 is 0 Å². The smallest absolute Gasteiger partial charge is 0.151 e. The Balaban J connectivity index is 3.12. The molecule has 0 radical (unpaired) electrons. The van der Waals surface area contributed by atoms with Gasteiger partial charge < -0.3 is 15.3 Å². The topological polar surface area (TPSA) is 60.7 Å². The maximum absolute atomic E-state index is 9.08. The Morgan fingerprint density at radius 1 is 1.00 bits per heavy atom. The van der Waals surface area contributed by atoms with E-state index in [0.717, 1.165) is 12.8 Å². The van der Waals surface area contributed by atoms with Crippen molar-refractivity contribution in [2.75, 3.05) is 0 Å². The second-order valence-corrected chi connectivity index (χ2v) is 2.50. The third kappa shape index (κ3) is 6.01. The number of hydrogen-bond donors (Lipinski definition) is 3. The quantitative estimate of drug-likeness (QED) is 0.489. The van der Waals surface area contributed by atoms with Crippen molar-refractivity contribution in [3.8, 4) is 0 Å². The lowest BCUT2D eigenvalue weighted by molar-refractivity contribution is -0.0533. The first-order valence-electron chi connectivity index (χ1n) is 3.71. The van der Waals surface area contributed by atoms with Crippen molar-refractivity contribution in [3.05, 3.63) is 0 Å². The number of aliphatic hydroxyl groups is 3. The molecular formula is C7H16O3. The van der Waals surface area contributed by atoms with Crippen LogP contribution in [0.2, 0.25) is 0 Å². The fourth-order valence-corrected chi connectivity index (χ4v) is 0.819. The molecule has 3 heteroatoms. The van der Waals surface area contributed by atoms with Gasteiger partial charge in [0.15, 0.2) is 6.29 Å². The Morgan fingerprint density at radius 2 is 1.60 bits per heavy atom. The van der Waals surface area contributed by atoms with Crippen molar-refractivity contribution in [3.63, 3.8) is 0 Å². The van der Waals surface area contributed by atoms with Crippen LogP contribution in [-0.4, -0.2) is 27.7 Å². The van der Waals surface area contributed by atoms with Crippen LogP contribution < -0.4 is 0 Å². The van der Waals surface area contributed by atoms with Crippen LogP contribution in [0.3, 0.4) is 0 Å². The highest BCUT2D eigenvalue weighted by Gasteiger charge is 2.04. The number of aliphatic hydroxyl groups excluding tert-OH is 2. The molecule has 1 atom stereocenters. The van der Waals surface area contributed by atoms with Crippen molar-refractivity contribution < 1.29 is 15.3 Å². The lowest BCUT2D eigenvalue weighted by Gasteiger charge is -2.08.